The van der Waals surface area contributed by atoms with Gasteiger partial charge in [0.05, 0.1) is 13.0 Å². The summed E-state index contributed by atoms with van der Waals surface area (Å²) in [6.07, 6.45) is 2.50. The molecule has 3 nitrogen and oxygen atoms in total. The first-order valence-corrected chi connectivity index (χ1v) is 3.67. The molecule has 56 valence electrons. The van der Waals surface area contributed by atoms with Gasteiger partial charge in [-0.15, -0.1) is 0 Å². The van der Waals surface area contributed by atoms with Crippen molar-refractivity contribution in [3.05, 3.63) is 0 Å². The summed E-state index contributed by atoms with van der Waals surface area (Å²) in [5, 5.41) is 0. The molecule has 2 atom stereocenters. The second-order valence-electron chi connectivity index (χ2n) is 2.84. The monoisotopic (exact) mass is 142 g/mol. The van der Waals surface area contributed by atoms with Gasteiger partial charge in [-0.05, 0) is 12.8 Å². The highest BCUT2D eigenvalue weighted by atomic mass is 16.7. The summed E-state index contributed by atoms with van der Waals surface area (Å²) in [6, 6.07) is 0. The number of esters is 1. The Labute approximate surface area is 59.3 Å². The summed E-state index contributed by atoms with van der Waals surface area (Å²) >= 11 is 0. The molecule has 2 rings (SSSR count). The van der Waals surface area contributed by atoms with Crippen LogP contribution in [0.5, 0.6) is 0 Å². The average molecular weight is 142 g/mol. The molecular formula is C7H10O3. The summed E-state index contributed by atoms with van der Waals surface area (Å²) < 4.78 is 10.1. The van der Waals surface area contributed by atoms with Crippen molar-refractivity contribution in [2.24, 2.45) is 5.92 Å². The average Bonchev–Trinajstić information content (AvgIpc) is 2.27. The fourth-order valence-corrected chi connectivity index (χ4v) is 1.54. The summed E-state index contributed by atoms with van der Waals surface area (Å²) in [6.45, 7) is 0.744. The molecular weight excluding hydrogens is 132 g/mol. The van der Waals surface area contributed by atoms with E-state index >= 15 is 0 Å². The number of hydrogen-bond donors (Lipinski definition) is 0. The molecule has 0 aromatic heterocycles. The van der Waals surface area contributed by atoms with Gasteiger partial charge in [0.2, 0.25) is 6.29 Å². The first kappa shape index (κ1) is 6.16. The molecule has 0 aromatic rings. The maximum atomic E-state index is 10.7. The highest BCUT2D eigenvalue weighted by molar-refractivity contribution is 5.71. The van der Waals surface area contributed by atoms with Crippen molar-refractivity contribution in [2.75, 3.05) is 6.61 Å². The topological polar surface area (TPSA) is 35.5 Å². The van der Waals surface area contributed by atoms with Crippen molar-refractivity contribution in [1.82, 2.24) is 0 Å². The first-order valence-electron chi connectivity index (χ1n) is 3.67. The van der Waals surface area contributed by atoms with Gasteiger partial charge in [0.15, 0.2) is 0 Å². The summed E-state index contributed by atoms with van der Waals surface area (Å²) in [5.74, 6) is 0.248. The van der Waals surface area contributed by atoms with E-state index in [1.807, 2.05) is 0 Å². The number of carbonyl (C=O) groups is 1. The Morgan fingerprint density at radius 1 is 1.50 bits per heavy atom. The molecule has 2 fully saturated rings. The fourth-order valence-electron chi connectivity index (χ4n) is 1.54. The molecule has 3 heteroatoms. The zero-order valence-corrected chi connectivity index (χ0v) is 5.71. The van der Waals surface area contributed by atoms with Gasteiger partial charge in [0.25, 0.3) is 0 Å². The summed E-state index contributed by atoms with van der Waals surface area (Å²) in [5.41, 5.74) is 0. The molecule has 10 heavy (non-hydrogen) atoms. The quantitative estimate of drug-likeness (QED) is 0.467. The third kappa shape index (κ3) is 0.904. The molecule has 0 N–H and O–H groups in total. The van der Waals surface area contributed by atoms with Crippen LogP contribution in [-0.2, 0) is 14.3 Å². The zero-order valence-electron chi connectivity index (χ0n) is 5.71. The largest absolute Gasteiger partial charge is 0.435 e. The number of rotatable bonds is 0. The Balaban J connectivity index is 2.04. The lowest BCUT2D eigenvalue weighted by Gasteiger charge is -2.22. The SMILES string of the molecule is O=C1CC2CCCOC2O1. The molecule has 0 amide bonds. The molecule has 0 aromatic carbocycles. The van der Waals surface area contributed by atoms with Crippen LogP contribution in [0.1, 0.15) is 19.3 Å². The van der Waals surface area contributed by atoms with Crippen LogP contribution in [0.25, 0.3) is 0 Å². The molecule has 2 aliphatic heterocycles. The molecule has 2 saturated heterocycles. The van der Waals surface area contributed by atoms with E-state index in [0.717, 1.165) is 19.4 Å². The predicted octanol–water partition coefficient (Wildman–Crippen LogP) is 0.686. The lowest BCUT2D eigenvalue weighted by molar-refractivity contribution is -0.174. The molecule has 0 saturated carbocycles. The van der Waals surface area contributed by atoms with Crippen molar-refractivity contribution >= 4 is 5.97 Å². The van der Waals surface area contributed by atoms with Gasteiger partial charge in [-0.2, -0.15) is 0 Å². The van der Waals surface area contributed by atoms with E-state index in [-0.39, 0.29) is 12.3 Å². The lowest BCUT2D eigenvalue weighted by atomic mass is 9.99. The predicted molar refractivity (Wildman–Crippen MR) is 33.2 cm³/mol. The standard InChI is InChI=1S/C7H10O3/c8-6-4-5-2-1-3-9-7(5)10-6/h5,7H,1-4H2. The van der Waals surface area contributed by atoms with Gasteiger partial charge < -0.3 is 9.47 Å². The minimum absolute atomic E-state index is 0.100. The molecule has 2 heterocycles. The van der Waals surface area contributed by atoms with E-state index in [0.29, 0.717) is 12.3 Å². The molecule has 0 spiro atoms. The lowest BCUT2D eigenvalue weighted by Crippen LogP contribution is -2.25. The van der Waals surface area contributed by atoms with Gasteiger partial charge >= 0.3 is 5.97 Å². The van der Waals surface area contributed by atoms with E-state index in [1.54, 1.807) is 0 Å². The first-order chi connectivity index (χ1) is 4.86. The van der Waals surface area contributed by atoms with Crippen LogP contribution in [0.4, 0.5) is 0 Å². The number of carbonyl (C=O) groups excluding carboxylic acids is 1. The maximum Gasteiger partial charge on any atom is 0.308 e. The van der Waals surface area contributed by atoms with Crippen molar-refractivity contribution in [1.29, 1.82) is 0 Å². The van der Waals surface area contributed by atoms with Crippen LogP contribution in [0.3, 0.4) is 0 Å². The van der Waals surface area contributed by atoms with E-state index in [2.05, 4.69) is 0 Å². The van der Waals surface area contributed by atoms with Crippen molar-refractivity contribution in [3.63, 3.8) is 0 Å². The smallest absolute Gasteiger partial charge is 0.308 e. The van der Waals surface area contributed by atoms with Crippen LogP contribution in [-0.4, -0.2) is 18.9 Å². The Hall–Kier alpha value is -0.570. The Morgan fingerprint density at radius 2 is 2.40 bits per heavy atom. The Kier molecular flexibility index (Phi) is 1.38. The molecule has 2 aliphatic rings. The molecule has 0 radical (unpaired) electrons. The van der Waals surface area contributed by atoms with E-state index < -0.39 is 0 Å². The number of hydrogen-bond acceptors (Lipinski definition) is 3. The van der Waals surface area contributed by atoms with Gasteiger partial charge in [0.1, 0.15) is 0 Å². The maximum absolute atomic E-state index is 10.7. The third-order valence-corrected chi connectivity index (χ3v) is 2.06. The zero-order chi connectivity index (χ0) is 6.97. The van der Waals surface area contributed by atoms with Gasteiger partial charge in [-0.3, -0.25) is 4.79 Å². The van der Waals surface area contributed by atoms with Crippen LogP contribution < -0.4 is 0 Å². The highest BCUT2D eigenvalue weighted by Gasteiger charge is 2.37. The minimum atomic E-state index is -0.207. The molecule has 0 bridgehead atoms. The normalized spacial score (nSPS) is 39.0. The number of ether oxygens (including phenoxy) is 2. The van der Waals surface area contributed by atoms with Crippen molar-refractivity contribution in [2.45, 2.75) is 25.6 Å². The summed E-state index contributed by atoms with van der Waals surface area (Å²) in [4.78, 5) is 10.7. The van der Waals surface area contributed by atoms with E-state index in [4.69, 9.17) is 9.47 Å². The van der Waals surface area contributed by atoms with Crippen LogP contribution in [0, 0.1) is 5.92 Å². The van der Waals surface area contributed by atoms with Gasteiger partial charge in [-0.1, -0.05) is 0 Å². The van der Waals surface area contributed by atoms with E-state index in [1.165, 1.54) is 0 Å². The second-order valence-corrected chi connectivity index (χ2v) is 2.84. The van der Waals surface area contributed by atoms with Gasteiger partial charge in [-0.25, -0.2) is 0 Å². The Bertz CT molecular complexity index is 139. The molecule has 2 unspecified atom stereocenters. The molecule has 0 aliphatic carbocycles. The van der Waals surface area contributed by atoms with E-state index in [9.17, 15) is 4.79 Å². The second kappa shape index (κ2) is 2.23. The van der Waals surface area contributed by atoms with Crippen molar-refractivity contribution < 1.29 is 14.3 Å². The van der Waals surface area contributed by atoms with Gasteiger partial charge in [0, 0.05) is 5.92 Å². The van der Waals surface area contributed by atoms with Crippen LogP contribution in [0.15, 0.2) is 0 Å². The van der Waals surface area contributed by atoms with Crippen LogP contribution >= 0.6 is 0 Å². The fraction of sp³-hybridized carbons (Fsp3) is 0.857. The van der Waals surface area contributed by atoms with Crippen molar-refractivity contribution in [3.8, 4) is 0 Å². The van der Waals surface area contributed by atoms with Crippen LogP contribution in [0.2, 0.25) is 0 Å². The minimum Gasteiger partial charge on any atom is -0.435 e. The summed E-state index contributed by atoms with van der Waals surface area (Å²) in [7, 11) is 0. The number of fused-ring (bicyclic) bond motifs is 1. The third-order valence-electron chi connectivity index (χ3n) is 2.06. The Morgan fingerprint density at radius 3 is 3.20 bits per heavy atom. The highest BCUT2D eigenvalue weighted by Crippen LogP contribution is 2.30.